The fourth-order valence-corrected chi connectivity index (χ4v) is 1.65. The molecule has 1 aromatic carbocycles. The van der Waals surface area contributed by atoms with Crippen molar-refractivity contribution in [1.82, 2.24) is 4.98 Å². The monoisotopic (exact) mass is 231 g/mol. The van der Waals surface area contributed by atoms with Crippen molar-refractivity contribution in [2.45, 2.75) is 0 Å². The highest BCUT2D eigenvalue weighted by atomic mass is 16.5. The van der Waals surface area contributed by atoms with Crippen LogP contribution in [0.3, 0.4) is 0 Å². The number of H-pyrrole nitrogens is 1. The summed E-state index contributed by atoms with van der Waals surface area (Å²) in [5, 5.41) is 0. The minimum absolute atomic E-state index is 0.139. The topological polar surface area (TPSA) is 51.3 Å². The highest BCUT2D eigenvalue weighted by molar-refractivity contribution is 5.71. The average Bonchev–Trinajstić information content (AvgIpc) is 2.38. The van der Waals surface area contributed by atoms with Crippen LogP contribution in [0.1, 0.15) is 0 Å². The van der Waals surface area contributed by atoms with E-state index in [1.165, 1.54) is 6.07 Å². The first-order valence-corrected chi connectivity index (χ1v) is 5.15. The number of ether oxygens (including phenoxy) is 2. The van der Waals surface area contributed by atoms with Gasteiger partial charge in [-0.3, -0.25) is 4.79 Å². The second kappa shape index (κ2) is 4.74. The molecule has 1 heterocycles. The maximum atomic E-state index is 11.3. The number of rotatable bonds is 3. The molecule has 0 saturated carbocycles. The summed E-state index contributed by atoms with van der Waals surface area (Å²) in [6.07, 6.45) is 1.61. The molecular weight excluding hydrogens is 218 g/mol. The number of pyridine rings is 1. The third-order valence-corrected chi connectivity index (χ3v) is 2.49. The second-order valence-electron chi connectivity index (χ2n) is 3.51. The van der Waals surface area contributed by atoms with Crippen molar-refractivity contribution >= 4 is 0 Å². The van der Waals surface area contributed by atoms with Gasteiger partial charge in [-0.1, -0.05) is 0 Å². The van der Waals surface area contributed by atoms with E-state index in [0.717, 1.165) is 16.9 Å². The van der Waals surface area contributed by atoms with Crippen LogP contribution in [-0.4, -0.2) is 19.2 Å². The first-order valence-electron chi connectivity index (χ1n) is 5.15. The summed E-state index contributed by atoms with van der Waals surface area (Å²) in [4.78, 5) is 13.8. The molecule has 1 aromatic heterocycles. The lowest BCUT2D eigenvalue weighted by Crippen LogP contribution is -2.02. The van der Waals surface area contributed by atoms with E-state index in [0.29, 0.717) is 5.75 Å². The Morgan fingerprint density at radius 3 is 2.53 bits per heavy atom. The van der Waals surface area contributed by atoms with Gasteiger partial charge in [-0.25, -0.2) is 0 Å². The van der Waals surface area contributed by atoms with Crippen molar-refractivity contribution in [2.75, 3.05) is 14.2 Å². The van der Waals surface area contributed by atoms with Crippen LogP contribution in [-0.2, 0) is 0 Å². The molecule has 0 fully saturated rings. The molecule has 0 unspecified atom stereocenters. The number of nitrogens with one attached hydrogen (secondary N) is 1. The molecule has 4 nitrogen and oxygen atoms in total. The number of benzene rings is 1. The van der Waals surface area contributed by atoms with Crippen LogP contribution in [0.25, 0.3) is 11.1 Å². The van der Waals surface area contributed by atoms with Gasteiger partial charge < -0.3 is 14.5 Å². The number of methoxy groups -OCH3 is 2. The van der Waals surface area contributed by atoms with Crippen LogP contribution in [0.15, 0.2) is 41.3 Å². The zero-order valence-electron chi connectivity index (χ0n) is 9.69. The molecule has 0 bridgehead atoms. The molecule has 0 spiro atoms. The summed E-state index contributed by atoms with van der Waals surface area (Å²) < 4.78 is 10.4. The van der Waals surface area contributed by atoms with Gasteiger partial charge in [-0.05, 0) is 23.8 Å². The van der Waals surface area contributed by atoms with E-state index < -0.39 is 0 Å². The normalized spacial score (nSPS) is 10.0. The minimum atomic E-state index is -0.139. The molecule has 0 radical (unpaired) electrons. The SMILES string of the molecule is COc1ccc(-c2cc[nH]c(=O)c2)c(OC)c1. The highest BCUT2D eigenvalue weighted by Crippen LogP contribution is 2.32. The number of hydrogen-bond donors (Lipinski definition) is 1. The fraction of sp³-hybridized carbons (Fsp3) is 0.154. The van der Waals surface area contributed by atoms with Crippen molar-refractivity contribution in [3.05, 3.63) is 46.9 Å². The van der Waals surface area contributed by atoms with E-state index in [1.807, 2.05) is 18.2 Å². The summed E-state index contributed by atoms with van der Waals surface area (Å²) in [6, 6.07) is 8.85. The molecule has 4 heteroatoms. The predicted octanol–water partition coefficient (Wildman–Crippen LogP) is 2.06. The van der Waals surface area contributed by atoms with Gasteiger partial charge in [0, 0.05) is 23.9 Å². The second-order valence-corrected chi connectivity index (χ2v) is 3.51. The lowest BCUT2D eigenvalue weighted by atomic mass is 10.1. The Hall–Kier alpha value is -2.23. The average molecular weight is 231 g/mol. The summed E-state index contributed by atoms with van der Waals surface area (Å²) >= 11 is 0. The summed E-state index contributed by atoms with van der Waals surface area (Å²) in [5.74, 6) is 1.39. The van der Waals surface area contributed by atoms with Crippen molar-refractivity contribution in [2.24, 2.45) is 0 Å². The molecule has 1 N–H and O–H groups in total. The molecule has 0 atom stereocenters. The quantitative estimate of drug-likeness (QED) is 0.879. The van der Waals surface area contributed by atoms with Crippen LogP contribution in [0, 0.1) is 0 Å². The molecule has 0 aliphatic heterocycles. The van der Waals surface area contributed by atoms with Gasteiger partial charge in [0.2, 0.25) is 5.56 Å². The van der Waals surface area contributed by atoms with E-state index in [-0.39, 0.29) is 5.56 Å². The zero-order chi connectivity index (χ0) is 12.3. The van der Waals surface area contributed by atoms with Crippen LogP contribution < -0.4 is 15.0 Å². The lowest BCUT2D eigenvalue weighted by molar-refractivity contribution is 0.395. The van der Waals surface area contributed by atoms with Crippen molar-refractivity contribution in [1.29, 1.82) is 0 Å². The van der Waals surface area contributed by atoms with Gasteiger partial charge in [0.05, 0.1) is 14.2 Å². The Morgan fingerprint density at radius 2 is 1.88 bits per heavy atom. The molecule has 0 aliphatic carbocycles. The zero-order valence-corrected chi connectivity index (χ0v) is 9.69. The maximum absolute atomic E-state index is 11.3. The van der Waals surface area contributed by atoms with Gasteiger partial charge in [0.25, 0.3) is 0 Å². The van der Waals surface area contributed by atoms with Crippen LogP contribution in [0.4, 0.5) is 0 Å². The fourth-order valence-electron chi connectivity index (χ4n) is 1.65. The third-order valence-electron chi connectivity index (χ3n) is 2.49. The van der Waals surface area contributed by atoms with E-state index in [4.69, 9.17) is 9.47 Å². The van der Waals surface area contributed by atoms with E-state index >= 15 is 0 Å². The first kappa shape index (κ1) is 11.3. The lowest BCUT2D eigenvalue weighted by Gasteiger charge is -2.10. The third kappa shape index (κ3) is 2.30. The van der Waals surface area contributed by atoms with Crippen molar-refractivity contribution in [3.63, 3.8) is 0 Å². The summed E-state index contributed by atoms with van der Waals surface area (Å²) in [7, 11) is 3.19. The Kier molecular flexibility index (Phi) is 3.14. The summed E-state index contributed by atoms with van der Waals surface area (Å²) in [6.45, 7) is 0. The molecule has 88 valence electrons. The Labute approximate surface area is 98.8 Å². The first-order chi connectivity index (χ1) is 8.24. The van der Waals surface area contributed by atoms with E-state index in [1.54, 1.807) is 26.5 Å². The number of aromatic nitrogens is 1. The molecule has 0 amide bonds. The minimum Gasteiger partial charge on any atom is -0.497 e. The van der Waals surface area contributed by atoms with Gasteiger partial charge in [0.15, 0.2) is 0 Å². The molecule has 0 aliphatic rings. The molecule has 2 rings (SSSR count). The summed E-state index contributed by atoms with van der Waals surface area (Å²) in [5.41, 5.74) is 1.54. The molecule has 0 saturated heterocycles. The molecular formula is C13H13NO3. The maximum Gasteiger partial charge on any atom is 0.248 e. The molecule has 17 heavy (non-hydrogen) atoms. The van der Waals surface area contributed by atoms with E-state index in [2.05, 4.69) is 4.98 Å². The van der Waals surface area contributed by atoms with Crippen molar-refractivity contribution in [3.8, 4) is 22.6 Å². The van der Waals surface area contributed by atoms with Gasteiger partial charge in [0.1, 0.15) is 11.5 Å². The standard InChI is InChI=1S/C13H13NO3/c1-16-10-3-4-11(12(8-10)17-2)9-5-6-14-13(15)7-9/h3-8H,1-2H3,(H,14,15). The van der Waals surface area contributed by atoms with Gasteiger partial charge in [-0.2, -0.15) is 0 Å². The number of aromatic amines is 1. The predicted molar refractivity (Wildman–Crippen MR) is 65.6 cm³/mol. The Balaban J connectivity index is 2.55. The van der Waals surface area contributed by atoms with E-state index in [9.17, 15) is 4.79 Å². The van der Waals surface area contributed by atoms with Gasteiger partial charge >= 0.3 is 0 Å². The largest absolute Gasteiger partial charge is 0.497 e. The Bertz CT molecular complexity index is 575. The highest BCUT2D eigenvalue weighted by Gasteiger charge is 2.07. The number of hydrogen-bond acceptors (Lipinski definition) is 3. The smallest absolute Gasteiger partial charge is 0.248 e. The van der Waals surface area contributed by atoms with Crippen LogP contribution in [0.5, 0.6) is 11.5 Å². The molecule has 2 aromatic rings. The Morgan fingerprint density at radius 1 is 1.06 bits per heavy atom. The van der Waals surface area contributed by atoms with Crippen LogP contribution >= 0.6 is 0 Å². The van der Waals surface area contributed by atoms with Gasteiger partial charge in [-0.15, -0.1) is 0 Å². The van der Waals surface area contributed by atoms with Crippen LogP contribution in [0.2, 0.25) is 0 Å². The van der Waals surface area contributed by atoms with Crippen molar-refractivity contribution < 1.29 is 9.47 Å².